The molecule has 1 atom stereocenters. The van der Waals surface area contributed by atoms with Crippen molar-refractivity contribution in [2.45, 2.75) is 45.3 Å². The summed E-state index contributed by atoms with van der Waals surface area (Å²) < 4.78 is 31.8. The summed E-state index contributed by atoms with van der Waals surface area (Å²) in [5.41, 5.74) is 0.696. The minimum Gasteiger partial charge on any atom is -0.374 e. The predicted molar refractivity (Wildman–Crippen MR) is 97.3 cm³/mol. The molecule has 25 heavy (non-hydrogen) atoms. The fourth-order valence-corrected chi connectivity index (χ4v) is 5.00. The molecule has 0 aromatic heterocycles. The van der Waals surface area contributed by atoms with Crippen LogP contribution in [-0.2, 0) is 14.8 Å². The van der Waals surface area contributed by atoms with Crippen LogP contribution >= 0.6 is 0 Å². The molecule has 1 unspecified atom stereocenters. The Hall–Kier alpha value is -1.60. The van der Waals surface area contributed by atoms with Crippen molar-refractivity contribution in [3.05, 3.63) is 29.8 Å². The number of hydrogen-bond acceptors (Lipinski definition) is 4. The molecule has 3 rings (SSSR count). The van der Waals surface area contributed by atoms with Gasteiger partial charge in [-0.2, -0.15) is 0 Å². The van der Waals surface area contributed by atoms with Gasteiger partial charge in [0, 0.05) is 18.7 Å². The topological polar surface area (TPSA) is 66.9 Å². The van der Waals surface area contributed by atoms with Gasteiger partial charge in [0.2, 0.25) is 10.0 Å². The number of ether oxygens (including phenoxy) is 1. The Morgan fingerprint density at radius 3 is 2.76 bits per heavy atom. The normalized spacial score (nSPS) is 25.6. The monoisotopic (exact) mass is 366 g/mol. The fraction of sp³-hybridized carbons (Fsp3) is 0.611. The van der Waals surface area contributed by atoms with Gasteiger partial charge in [0.25, 0.3) is 5.91 Å². The molecule has 2 heterocycles. The molecule has 0 radical (unpaired) electrons. The summed E-state index contributed by atoms with van der Waals surface area (Å²) >= 11 is 0. The number of hydrogen-bond donors (Lipinski definition) is 0. The van der Waals surface area contributed by atoms with Gasteiger partial charge in [-0.15, -0.1) is 0 Å². The van der Waals surface area contributed by atoms with Crippen LogP contribution in [0.1, 0.15) is 44.0 Å². The van der Waals surface area contributed by atoms with Crippen LogP contribution in [0, 0.1) is 0 Å². The maximum absolute atomic E-state index is 13.1. The van der Waals surface area contributed by atoms with E-state index in [-0.39, 0.29) is 17.8 Å². The highest BCUT2D eigenvalue weighted by atomic mass is 32.2. The van der Waals surface area contributed by atoms with E-state index in [4.69, 9.17) is 4.74 Å². The maximum atomic E-state index is 13.1. The molecule has 0 N–H and O–H groups in total. The van der Waals surface area contributed by atoms with Gasteiger partial charge < -0.3 is 9.64 Å². The molecular formula is C18H26N2O4S. The summed E-state index contributed by atoms with van der Waals surface area (Å²) in [5.74, 6) is 0.0792. The van der Waals surface area contributed by atoms with Crippen LogP contribution in [0.4, 0.5) is 5.69 Å². The largest absolute Gasteiger partial charge is 0.374 e. The number of benzene rings is 1. The molecule has 1 aromatic carbocycles. The van der Waals surface area contributed by atoms with Crippen molar-refractivity contribution in [3.8, 4) is 0 Å². The average Bonchev–Trinajstić information content (AvgIpc) is 2.56. The minimum atomic E-state index is -3.29. The number of carbonyl (C=O) groups excluding carboxylic acids is 1. The van der Waals surface area contributed by atoms with Gasteiger partial charge in [0.15, 0.2) is 0 Å². The summed E-state index contributed by atoms with van der Waals surface area (Å²) in [4.78, 5) is 14.9. The second-order valence-corrected chi connectivity index (χ2v) is 9.51. The van der Waals surface area contributed by atoms with E-state index >= 15 is 0 Å². The van der Waals surface area contributed by atoms with Crippen molar-refractivity contribution >= 4 is 21.6 Å². The Balaban J connectivity index is 1.89. The highest BCUT2D eigenvalue weighted by Gasteiger charge is 2.37. The molecule has 0 bridgehead atoms. The molecule has 2 fully saturated rings. The number of anilines is 1. The highest BCUT2D eigenvalue weighted by molar-refractivity contribution is 7.92. The molecule has 0 aliphatic carbocycles. The van der Waals surface area contributed by atoms with Crippen LogP contribution < -0.4 is 4.31 Å². The standard InChI is InChI=1S/C18H26N2O4S/c1-14-12-19(18(2,3)13-24-14)17(21)15-7-6-8-16(11-15)20-9-4-5-10-25(20,22)23/h6-8,11,14H,4-5,9-10,12-13H2,1-3H3. The minimum absolute atomic E-state index is 0.0115. The maximum Gasteiger partial charge on any atom is 0.254 e. The molecular weight excluding hydrogens is 340 g/mol. The van der Waals surface area contributed by atoms with E-state index in [2.05, 4.69) is 0 Å². The zero-order valence-electron chi connectivity index (χ0n) is 15.1. The molecule has 6 nitrogen and oxygen atoms in total. The smallest absolute Gasteiger partial charge is 0.254 e. The lowest BCUT2D eigenvalue weighted by atomic mass is 9.99. The molecule has 2 aliphatic rings. The molecule has 1 amide bonds. The van der Waals surface area contributed by atoms with E-state index in [1.54, 1.807) is 24.3 Å². The first kappa shape index (κ1) is 18.2. The van der Waals surface area contributed by atoms with Crippen molar-refractivity contribution in [3.63, 3.8) is 0 Å². The SMILES string of the molecule is CC1CN(C(=O)c2cccc(N3CCCCS3(=O)=O)c2)C(C)(C)CO1. The van der Waals surface area contributed by atoms with E-state index < -0.39 is 15.6 Å². The van der Waals surface area contributed by atoms with Gasteiger partial charge in [-0.1, -0.05) is 6.07 Å². The van der Waals surface area contributed by atoms with Crippen molar-refractivity contribution in [2.24, 2.45) is 0 Å². The van der Waals surface area contributed by atoms with Crippen LogP contribution in [-0.4, -0.2) is 56.3 Å². The molecule has 7 heteroatoms. The van der Waals surface area contributed by atoms with E-state index in [9.17, 15) is 13.2 Å². The van der Waals surface area contributed by atoms with Gasteiger partial charge in [-0.3, -0.25) is 9.10 Å². The van der Waals surface area contributed by atoms with Crippen LogP contribution in [0.25, 0.3) is 0 Å². The number of nitrogens with zero attached hydrogens (tertiary/aromatic N) is 2. The Morgan fingerprint density at radius 2 is 2.04 bits per heavy atom. The zero-order chi connectivity index (χ0) is 18.2. The van der Waals surface area contributed by atoms with Crippen molar-refractivity contribution < 1.29 is 17.9 Å². The molecule has 2 aliphatic heterocycles. The summed E-state index contributed by atoms with van der Waals surface area (Å²) in [6, 6.07) is 6.95. The summed E-state index contributed by atoms with van der Waals surface area (Å²) in [6.45, 7) is 7.40. The summed E-state index contributed by atoms with van der Waals surface area (Å²) in [6.07, 6.45) is 1.52. The Morgan fingerprint density at radius 1 is 1.28 bits per heavy atom. The third-order valence-electron chi connectivity index (χ3n) is 4.87. The first-order valence-electron chi connectivity index (χ1n) is 8.75. The van der Waals surface area contributed by atoms with Gasteiger partial charge >= 0.3 is 0 Å². The predicted octanol–water partition coefficient (Wildman–Crippen LogP) is 2.26. The molecule has 2 saturated heterocycles. The van der Waals surface area contributed by atoms with Gasteiger partial charge in [0.1, 0.15) is 0 Å². The van der Waals surface area contributed by atoms with Gasteiger partial charge in [-0.25, -0.2) is 8.42 Å². The number of morpholine rings is 1. The Kier molecular flexibility index (Phi) is 4.81. The number of rotatable bonds is 2. The third-order valence-corrected chi connectivity index (χ3v) is 6.74. The highest BCUT2D eigenvalue weighted by Crippen LogP contribution is 2.28. The quantitative estimate of drug-likeness (QED) is 0.805. The summed E-state index contributed by atoms with van der Waals surface area (Å²) in [7, 11) is -3.29. The molecule has 0 spiro atoms. The number of sulfonamides is 1. The zero-order valence-corrected chi connectivity index (χ0v) is 15.9. The number of carbonyl (C=O) groups is 1. The van der Waals surface area contributed by atoms with Crippen LogP contribution in [0.3, 0.4) is 0 Å². The van der Waals surface area contributed by atoms with E-state index in [1.807, 2.05) is 25.7 Å². The third kappa shape index (κ3) is 3.67. The van der Waals surface area contributed by atoms with E-state index in [1.165, 1.54) is 4.31 Å². The fourth-order valence-electron chi connectivity index (χ4n) is 3.37. The molecule has 0 saturated carbocycles. The van der Waals surface area contributed by atoms with E-state index in [0.717, 1.165) is 6.42 Å². The van der Waals surface area contributed by atoms with Crippen LogP contribution in [0.15, 0.2) is 24.3 Å². The second kappa shape index (κ2) is 6.61. The van der Waals surface area contributed by atoms with Crippen molar-refractivity contribution in [2.75, 3.05) is 29.8 Å². The van der Waals surface area contributed by atoms with Crippen LogP contribution in [0.2, 0.25) is 0 Å². The lowest BCUT2D eigenvalue weighted by Gasteiger charge is -2.44. The van der Waals surface area contributed by atoms with E-state index in [0.29, 0.717) is 37.4 Å². The first-order valence-corrected chi connectivity index (χ1v) is 10.4. The second-order valence-electron chi connectivity index (χ2n) is 7.50. The number of amides is 1. The molecule has 1 aromatic rings. The summed E-state index contributed by atoms with van der Waals surface area (Å²) in [5, 5.41) is 0. The first-order chi connectivity index (χ1) is 11.7. The van der Waals surface area contributed by atoms with Gasteiger partial charge in [0.05, 0.1) is 29.7 Å². The Bertz CT molecular complexity index is 760. The Labute approximate surface area is 149 Å². The molecule has 138 valence electrons. The van der Waals surface area contributed by atoms with Gasteiger partial charge in [-0.05, 0) is 51.8 Å². The van der Waals surface area contributed by atoms with Crippen molar-refractivity contribution in [1.82, 2.24) is 4.90 Å². The average molecular weight is 366 g/mol. The van der Waals surface area contributed by atoms with Crippen LogP contribution in [0.5, 0.6) is 0 Å². The van der Waals surface area contributed by atoms with Crippen molar-refractivity contribution in [1.29, 1.82) is 0 Å². The lowest BCUT2D eigenvalue weighted by molar-refractivity contribution is -0.0755. The lowest BCUT2D eigenvalue weighted by Crippen LogP contribution is -2.57.